The Labute approximate surface area is 256 Å². The van der Waals surface area contributed by atoms with E-state index in [1.807, 2.05) is 44.0 Å². The van der Waals surface area contributed by atoms with Gasteiger partial charge in [0.1, 0.15) is 6.73 Å². The van der Waals surface area contributed by atoms with Crippen molar-refractivity contribution in [3.05, 3.63) is 51.3 Å². The number of benzene rings is 1. The Balaban J connectivity index is 1.42. The van der Waals surface area contributed by atoms with Crippen LogP contribution in [0.15, 0.2) is 35.3 Å². The summed E-state index contributed by atoms with van der Waals surface area (Å²) in [6, 6.07) is 11.4. The van der Waals surface area contributed by atoms with Crippen molar-refractivity contribution in [1.29, 1.82) is 0 Å². The predicted octanol–water partition coefficient (Wildman–Crippen LogP) is 7.40. The number of hydrogen-bond acceptors (Lipinski definition) is 10. The summed E-state index contributed by atoms with van der Waals surface area (Å²) in [7, 11) is 0.730. The minimum atomic E-state index is -1.18. The SMILES string of the molecule is CCOC(=O)c1nc(N(C)c2cc(C)c(N=c3sc4ccccc4n3COCC[Si](C)(C)C)nn2)sc1C1CCCC1. The third-order valence-electron chi connectivity index (χ3n) is 7.42. The van der Waals surface area contributed by atoms with Crippen LogP contribution in [0.2, 0.25) is 25.7 Å². The molecule has 42 heavy (non-hydrogen) atoms. The lowest BCUT2D eigenvalue weighted by Gasteiger charge is -2.16. The third kappa shape index (κ3) is 6.99. The highest BCUT2D eigenvalue weighted by Crippen LogP contribution is 2.42. The molecule has 1 aromatic carbocycles. The number of rotatable bonds is 11. The van der Waals surface area contributed by atoms with Gasteiger partial charge in [0, 0.05) is 26.6 Å². The predicted molar refractivity (Wildman–Crippen MR) is 173 cm³/mol. The number of aryl methyl sites for hydroxylation is 1. The van der Waals surface area contributed by atoms with Crippen LogP contribution in [0.3, 0.4) is 0 Å². The van der Waals surface area contributed by atoms with Crippen molar-refractivity contribution in [3.63, 3.8) is 0 Å². The van der Waals surface area contributed by atoms with Crippen molar-refractivity contribution in [3.8, 4) is 0 Å². The minimum Gasteiger partial charge on any atom is -0.461 e. The summed E-state index contributed by atoms with van der Waals surface area (Å²) in [4.78, 5) is 26.1. The van der Waals surface area contributed by atoms with Gasteiger partial charge >= 0.3 is 5.97 Å². The molecule has 1 aliphatic rings. The van der Waals surface area contributed by atoms with E-state index in [1.54, 1.807) is 22.7 Å². The standard InChI is InChI=1S/C30H40N6O3S2Si/c1-7-39-28(37)25-26(21-12-8-9-13-21)41-29(31-25)35(3)24-18-20(2)27(34-33-24)32-30-36(19-38-16-17-42(4,5)6)22-14-10-11-15-23(22)40-30/h10-11,14-15,18,21H,7-9,12-13,16-17,19H2,1-6H3. The molecule has 0 N–H and O–H groups in total. The molecule has 0 amide bonds. The topological polar surface area (TPSA) is 94.7 Å². The summed E-state index contributed by atoms with van der Waals surface area (Å²) >= 11 is 3.17. The number of esters is 1. The Morgan fingerprint density at radius 1 is 1.17 bits per heavy atom. The molecule has 1 aliphatic carbocycles. The quantitative estimate of drug-likeness (QED) is 0.0975. The fourth-order valence-corrected chi connectivity index (χ4v) is 7.94. The fourth-order valence-electron chi connectivity index (χ4n) is 4.97. The van der Waals surface area contributed by atoms with E-state index < -0.39 is 8.07 Å². The molecule has 12 heteroatoms. The van der Waals surface area contributed by atoms with Crippen molar-refractivity contribution in [1.82, 2.24) is 19.7 Å². The second-order valence-electron chi connectivity index (χ2n) is 11.9. The smallest absolute Gasteiger partial charge is 0.358 e. The molecular formula is C30H40N6O3S2Si. The van der Waals surface area contributed by atoms with Gasteiger partial charge in [-0.2, -0.15) is 4.99 Å². The first-order valence-corrected chi connectivity index (χ1v) is 20.0. The normalized spacial score (nSPS) is 14.7. The van der Waals surface area contributed by atoms with E-state index in [4.69, 9.17) is 19.5 Å². The zero-order valence-electron chi connectivity index (χ0n) is 25.3. The molecule has 0 spiro atoms. The zero-order chi connectivity index (χ0) is 29.9. The minimum absolute atomic E-state index is 0.325. The second kappa shape index (κ2) is 13.1. The molecule has 5 rings (SSSR count). The molecule has 3 aromatic heterocycles. The Hall–Kier alpha value is -2.93. The van der Waals surface area contributed by atoms with Crippen molar-refractivity contribution >= 4 is 63.7 Å². The van der Waals surface area contributed by atoms with Crippen molar-refractivity contribution in [2.45, 2.75) is 77.9 Å². The van der Waals surface area contributed by atoms with Crippen LogP contribution in [-0.4, -0.2) is 54.1 Å². The van der Waals surface area contributed by atoms with Gasteiger partial charge in [-0.25, -0.2) is 9.78 Å². The summed E-state index contributed by atoms with van der Waals surface area (Å²) in [5.74, 6) is 1.21. The lowest BCUT2D eigenvalue weighted by atomic mass is 10.1. The Kier molecular flexibility index (Phi) is 9.56. The molecule has 9 nitrogen and oxygen atoms in total. The van der Waals surface area contributed by atoms with E-state index in [9.17, 15) is 4.79 Å². The van der Waals surface area contributed by atoms with Crippen LogP contribution in [0.5, 0.6) is 0 Å². The molecule has 0 atom stereocenters. The zero-order valence-corrected chi connectivity index (χ0v) is 28.0. The van der Waals surface area contributed by atoms with Gasteiger partial charge in [-0.15, -0.1) is 21.5 Å². The van der Waals surface area contributed by atoms with Gasteiger partial charge in [-0.3, -0.25) is 4.57 Å². The van der Waals surface area contributed by atoms with E-state index in [0.29, 0.717) is 41.7 Å². The molecule has 0 bridgehead atoms. The van der Waals surface area contributed by atoms with Gasteiger partial charge in [0.25, 0.3) is 0 Å². The average Bonchev–Trinajstić information content (AvgIpc) is 3.70. The molecule has 1 fully saturated rings. The average molecular weight is 625 g/mol. The Morgan fingerprint density at radius 3 is 2.64 bits per heavy atom. The molecule has 224 valence electrons. The highest BCUT2D eigenvalue weighted by molar-refractivity contribution is 7.16. The number of para-hydroxylation sites is 1. The van der Waals surface area contributed by atoms with E-state index in [0.717, 1.165) is 51.0 Å². The highest BCUT2D eigenvalue weighted by Gasteiger charge is 2.29. The fraction of sp³-hybridized carbons (Fsp3) is 0.500. The monoisotopic (exact) mass is 624 g/mol. The van der Waals surface area contributed by atoms with E-state index in [1.165, 1.54) is 12.8 Å². The van der Waals surface area contributed by atoms with Crippen LogP contribution in [0.25, 0.3) is 10.2 Å². The maximum atomic E-state index is 12.7. The first kappa shape index (κ1) is 30.5. The highest BCUT2D eigenvalue weighted by atomic mass is 32.1. The summed E-state index contributed by atoms with van der Waals surface area (Å²) in [5, 5.41) is 9.74. The van der Waals surface area contributed by atoms with Crippen LogP contribution in [0.4, 0.5) is 16.8 Å². The van der Waals surface area contributed by atoms with Crippen molar-refractivity contribution in [2.75, 3.05) is 25.2 Å². The number of aromatic nitrogens is 4. The summed E-state index contributed by atoms with van der Waals surface area (Å²) in [5.41, 5.74) is 2.43. The number of ether oxygens (including phenoxy) is 2. The number of carbonyl (C=O) groups excluding carboxylic acids is 1. The van der Waals surface area contributed by atoms with E-state index >= 15 is 0 Å². The van der Waals surface area contributed by atoms with Gasteiger partial charge in [-0.1, -0.05) is 56.0 Å². The molecule has 0 saturated heterocycles. The van der Waals surface area contributed by atoms with Crippen LogP contribution >= 0.6 is 22.7 Å². The maximum absolute atomic E-state index is 12.7. The second-order valence-corrected chi connectivity index (χ2v) is 19.6. The Bertz CT molecular complexity index is 1620. The molecule has 0 unspecified atom stereocenters. The molecule has 1 saturated carbocycles. The largest absolute Gasteiger partial charge is 0.461 e. The lowest BCUT2D eigenvalue weighted by Crippen LogP contribution is -2.23. The molecule has 3 heterocycles. The van der Waals surface area contributed by atoms with Crippen molar-refractivity contribution < 1.29 is 14.3 Å². The molecule has 0 aliphatic heterocycles. The first-order valence-electron chi connectivity index (χ1n) is 14.6. The van der Waals surface area contributed by atoms with Crippen LogP contribution in [0.1, 0.15) is 59.5 Å². The molecule has 0 radical (unpaired) electrons. The molecule has 4 aromatic rings. The third-order valence-corrected chi connectivity index (χ3v) is 11.5. The van der Waals surface area contributed by atoms with Crippen LogP contribution in [0, 0.1) is 6.92 Å². The summed E-state index contributed by atoms with van der Waals surface area (Å²) in [6.07, 6.45) is 4.51. The van der Waals surface area contributed by atoms with Gasteiger partial charge < -0.3 is 14.4 Å². The van der Waals surface area contributed by atoms with Gasteiger partial charge in [-0.05, 0) is 62.4 Å². The summed E-state index contributed by atoms with van der Waals surface area (Å²) in [6.45, 7) is 12.4. The number of hydrogen-bond donors (Lipinski definition) is 0. The number of fused-ring (bicyclic) bond motifs is 1. The number of carbonyl (C=O) groups is 1. The first-order chi connectivity index (χ1) is 20.1. The van der Waals surface area contributed by atoms with E-state index in [2.05, 4.69) is 46.5 Å². The maximum Gasteiger partial charge on any atom is 0.358 e. The summed E-state index contributed by atoms with van der Waals surface area (Å²) < 4.78 is 14.7. The number of anilines is 2. The van der Waals surface area contributed by atoms with Gasteiger partial charge in [0.05, 0.1) is 16.8 Å². The Morgan fingerprint density at radius 2 is 1.93 bits per heavy atom. The number of nitrogens with zero attached hydrogens (tertiary/aromatic N) is 6. The number of thiazole rings is 2. The van der Waals surface area contributed by atoms with Crippen molar-refractivity contribution in [2.24, 2.45) is 4.99 Å². The van der Waals surface area contributed by atoms with Crippen LogP contribution < -0.4 is 9.70 Å². The lowest BCUT2D eigenvalue weighted by molar-refractivity contribution is 0.0518. The van der Waals surface area contributed by atoms with Crippen LogP contribution in [-0.2, 0) is 16.2 Å². The van der Waals surface area contributed by atoms with E-state index in [-0.39, 0.29) is 5.97 Å². The van der Waals surface area contributed by atoms with Gasteiger partial charge in [0.2, 0.25) is 0 Å². The van der Waals surface area contributed by atoms with Gasteiger partial charge in [0.15, 0.2) is 27.3 Å². The molecular weight excluding hydrogens is 585 g/mol.